The largest absolute Gasteiger partial charge is 0.356 e. The molecule has 0 aliphatic heterocycles. The summed E-state index contributed by atoms with van der Waals surface area (Å²) in [7, 11) is 1.87. The van der Waals surface area contributed by atoms with Gasteiger partial charge in [0.05, 0.1) is 0 Å². The van der Waals surface area contributed by atoms with Gasteiger partial charge in [0.2, 0.25) is 0 Å². The Hall–Kier alpha value is -0.990. The Morgan fingerprint density at radius 1 is 1.24 bits per heavy atom. The number of allylic oxidation sites excluding steroid dienone is 2. The van der Waals surface area contributed by atoms with Gasteiger partial charge in [0.15, 0.2) is 5.96 Å². The molecule has 0 aromatic carbocycles. The lowest BCUT2D eigenvalue weighted by Crippen LogP contribution is -2.43. The Kier molecular flexibility index (Phi) is 3.08. The molecule has 0 amide bonds. The Labute approximate surface area is 104 Å². The standard InChI is InChI=1S/C14H23N3/c1-15-14(17-13-6-7-13)16-9-12-8-10-2-4-11(12)5-3-10/h2,4,10-13H,3,5-9H2,1H3,(H2,15,16,17). The van der Waals surface area contributed by atoms with Crippen molar-refractivity contribution in [1.82, 2.24) is 10.6 Å². The van der Waals surface area contributed by atoms with Crippen molar-refractivity contribution in [3.63, 3.8) is 0 Å². The molecular formula is C14H23N3. The van der Waals surface area contributed by atoms with E-state index in [4.69, 9.17) is 0 Å². The highest BCUT2D eigenvalue weighted by atomic mass is 15.2. The molecule has 4 rings (SSSR count). The van der Waals surface area contributed by atoms with Crippen molar-refractivity contribution in [2.45, 2.75) is 38.1 Å². The zero-order valence-electron chi connectivity index (χ0n) is 10.7. The molecule has 3 unspecified atom stereocenters. The minimum atomic E-state index is 0.684. The normalized spacial score (nSPS) is 36.1. The van der Waals surface area contributed by atoms with Gasteiger partial charge in [-0.25, -0.2) is 0 Å². The van der Waals surface area contributed by atoms with E-state index >= 15 is 0 Å². The number of guanidine groups is 1. The van der Waals surface area contributed by atoms with Crippen LogP contribution in [0.15, 0.2) is 17.1 Å². The van der Waals surface area contributed by atoms with E-state index in [1.54, 1.807) is 0 Å². The lowest BCUT2D eigenvalue weighted by atomic mass is 9.69. The van der Waals surface area contributed by atoms with Crippen molar-refractivity contribution >= 4 is 5.96 Å². The highest BCUT2D eigenvalue weighted by molar-refractivity contribution is 5.80. The van der Waals surface area contributed by atoms with Crippen molar-refractivity contribution in [2.24, 2.45) is 22.7 Å². The molecule has 0 radical (unpaired) electrons. The van der Waals surface area contributed by atoms with E-state index < -0.39 is 0 Å². The first-order valence-corrected chi connectivity index (χ1v) is 7.00. The predicted molar refractivity (Wildman–Crippen MR) is 71.0 cm³/mol. The van der Waals surface area contributed by atoms with Gasteiger partial charge in [0, 0.05) is 19.6 Å². The molecule has 2 N–H and O–H groups in total. The topological polar surface area (TPSA) is 36.4 Å². The molecule has 3 nitrogen and oxygen atoms in total. The number of nitrogens with one attached hydrogen (secondary N) is 2. The smallest absolute Gasteiger partial charge is 0.191 e. The number of hydrogen-bond donors (Lipinski definition) is 2. The van der Waals surface area contributed by atoms with Crippen LogP contribution < -0.4 is 10.6 Å². The molecule has 0 saturated heterocycles. The minimum absolute atomic E-state index is 0.684. The third-order valence-electron chi connectivity index (χ3n) is 4.39. The average molecular weight is 233 g/mol. The summed E-state index contributed by atoms with van der Waals surface area (Å²) in [5.74, 6) is 3.48. The summed E-state index contributed by atoms with van der Waals surface area (Å²) < 4.78 is 0. The van der Waals surface area contributed by atoms with Crippen LogP contribution in [0.5, 0.6) is 0 Å². The molecule has 17 heavy (non-hydrogen) atoms. The molecule has 0 heterocycles. The summed E-state index contributed by atoms with van der Waals surface area (Å²) in [6, 6.07) is 0.684. The van der Waals surface area contributed by atoms with Crippen LogP contribution in [-0.4, -0.2) is 25.6 Å². The molecule has 2 fully saturated rings. The van der Waals surface area contributed by atoms with Crippen LogP contribution in [0.3, 0.4) is 0 Å². The maximum absolute atomic E-state index is 4.29. The van der Waals surface area contributed by atoms with Gasteiger partial charge < -0.3 is 10.6 Å². The fourth-order valence-electron chi connectivity index (χ4n) is 3.13. The Balaban J connectivity index is 1.48. The Bertz CT molecular complexity index is 330. The van der Waals surface area contributed by atoms with E-state index in [2.05, 4.69) is 27.8 Å². The predicted octanol–water partition coefficient (Wildman–Crippen LogP) is 1.92. The number of rotatable bonds is 3. The van der Waals surface area contributed by atoms with Crippen LogP contribution in [0.25, 0.3) is 0 Å². The van der Waals surface area contributed by atoms with Gasteiger partial charge >= 0.3 is 0 Å². The SMILES string of the molecule is CN=C(NCC1CC2C=CC1CC2)NC1CC1. The van der Waals surface area contributed by atoms with Gasteiger partial charge in [-0.3, -0.25) is 4.99 Å². The summed E-state index contributed by atoms with van der Waals surface area (Å²) in [6.07, 6.45) is 11.7. The molecule has 0 aromatic rings. The fourth-order valence-corrected chi connectivity index (χ4v) is 3.13. The molecule has 2 bridgehead atoms. The molecule has 4 aliphatic carbocycles. The number of aliphatic imine (C=N–C) groups is 1. The summed E-state index contributed by atoms with van der Waals surface area (Å²) in [5, 5.41) is 6.95. The molecule has 94 valence electrons. The monoisotopic (exact) mass is 233 g/mol. The Morgan fingerprint density at radius 2 is 2.12 bits per heavy atom. The van der Waals surface area contributed by atoms with E-state index in [0.29, 0.717) is 6.04 Å². The van der Waals surface area contributed by atoms with E-state index in [1.807, 2.05) is 7.05 Å². The quantitative estimate of drug-likeness (QED) is 0.444. The third kappa shape index (κ3) is 2.64. The minimum Gasteiger partial charge on any atom is -0.356 e. The zero-order chi connectivity index (χ0) is 11.7. The fraction of sp³-hybridized carbons (Fsp3) is 0.786. The van der Waals surface area contributed by atoms with Crippen LogP contribution in [0.2, 0.25) is 0 Å². The van der Waals surface area contributed by atoms with E-state index in [1.165, 1.54) is 32.1 Å². The van der Waals surface area contributed by atoms with Gasteiger partial charge in [0.25, 0.3) is 0 Å². The number of fused-ring (bicyclic) bond motifs is 2. The van der Waals surface area contributed by atoms with Crippen LogP contribution >= 0.6 is 0 Å². The van der Waals surface area contributed by atoms with Crippen LogP contribution in [-0.2, 0) is 0 Å². The first kappa shape index (κ1) is 11.1. The lowest BCUT2D eigenvalue weighted by Gasteiger charge is -2.38. The first-order valence-electron chi connectivity index (χ1n) is 7.00. The van der Waals surface area contributed by atoms with Crippen molar-refractivity contribution in [2.75, 3.05) is 13.6 Å². The summed E-state index contributed by atoms with van der Waals surface area (Å²) in [6.45, 7) is 1.08. The lowest BCUT2D eigenvalue weighted by molar-refractivity contribution is 0.221. The van der Waals surface area contributed by atoms with Crippen LogP contribution in [0.4, 0.5) is 0 Å². The van der Waals surface area contributed by atoms with Crippen LogP contribution in [0.1, 0.15) is 32.1 Å². The van der Waals surface area contributed by atoms with E-state index in [-0.39, 0.29) is 0 Å². The van der Waals surface area contributed by atoms with Crippen LogP contribution in [0, 0.1) is 17.8 Å². The van der Waals surface area contributed by atoms with Crippen molar-refractivity contribution in [3.05, 3.63) is 12.2 Å². The zero-order valence-corrected chi connectivity index (χ0v) is 10.7. The summed E-state index contributed by atoms with van der Waals surface area (Å²) >= 11 is 0. The third-order valence-corrected chi connectivity index (χ3v) is 4.39. The number of nitrogens with zero attached hydrogens (tertiary/aromatic N) is 1. The Morgan fingerprint density at radius 3 is 2.65 bits per heavy atom. The molecule has 3 heteroatoms. The molecule has 0 spiro atoms. The second-order valence-corrected chi connectivity index (χ2v) is 5.75. The number of hydrogen-bond acceptors (Lipinski definition) is 1. The average Bonchev–Trinajstić information content (AvgIpc) is 3.20. The first-order chi connectivity index (χ1) is 8.35. The molecular weight excluding hydrogens is 210 g/mol. The second kappa shape index (κ2) is 4.71. The van der Waals surface area contributed by atoms with Gasteiger partial charge in [-0.15, -0.1) is 0 Å². The van der Waals surface area contributed by atoms with Gasteiger partial charge in [-0.05, 0) is 49.9 Å². The maximum atomic E-state index is 4.29. The van der Waals surface area contributed by atoms with Crippen molar-refractivity contribution < 1.29 is 0 Å². The molecule has 2 saturated carbocycles. The van der Waals surface area contributed by atoms with E-state index in [9.17, 15) is 0 Å². The van der Waals surface area contributed by atoms with Gasteiger partial charge in [-0.1, -0.05) is 12.2 Å². The highest BCUT2D eigenvalue weighted by Crippen LogP contribution is 2.39. The van der Waals surface area contributed by atoms with Crippen molar-refractivity contribution in [3.8, 4) is 0 Å². The summed E-state index contributed by atoms with van der Waals surface area (Å²) in [5.41, 5.74) is 0. The van der Waals surface area contributed by atoms with E-state index in [0.717, 1.165) is 30.3 Å². The van der Waals surface area contributed by atoms with Gasteiger partial charge in [-0.2, -0.15) is 0 Å². The highest BCUT2D eigenvalue weighted by Gasteiger charge is 2.31. The molecule has 3 atom stereocenters. The molecule has 0 aromatic heterocycles. The maximum Gasteiger partial charge on any atom is 0.191 e. The van der Waals surface area contributed by atoms with Gasteiger partial charge in [0.1, 0.15) is 0 Å². The molecule has 4 aliphatic rings. The second-order valence-electron chi connectivity index (χ2n) is 5.75. The summed E-state index contributed by atoms with van der Waals surface area (Å²) in [4.78, 5) is 4.29. The van der Waals surface area contributed by atoms with Crippen molar-refractivity contribution in [1.29, 1.82) is 0 Å².